The molecule has 2 aromatic rings. The molecule has 0 bridgehead atoms. The molecular formula is C25H32N4O2. The number of aromatic nitrogens is 1. The largest absolute Gasteiger partial charge is 0.383 e. The number of carbonyl (C=O) groups is 1. The molecule has 164 valence electrons. The highest BCUT2D eigenvalue weighted by molar-refractivity contribution is 6.02. The molecule has 1 unspecified atom stereocenters. The molecule has 0 aliphatic carbocycles. The fourth-order valence-corrected chi connectivity index (χ4v) is 4.40. The number of piperazine rings is 1. The lowest BCUT2D eigenvalue weighted by atomic mass is 10.1. The number of nitriles is 1. The summed E-state index contributed by atoms with van der Waals surface area (Å²) in [6.45, 7) is 11.6. The van der Waals surface area contributed by atoms with Gasteiger partial charge >= 0.3 is 0 Å². The summed E-state index contributed by atoms with van der Waals surface area (Å²) in [5, 5.41) is 9.71. The number of hydrogen-bond acceptors (Lipinski definition) is 4. The van der Waals surface area contributed by atoms with Gasteiger partial charge in [-0.3, -0.25) is 4.79 Å². The lowest BCUT2D eigenvalue weighted by Gasteiger charge is -2.36. The quantitative estimate of drug-likeness (QED) is 0.526. The van der Waals surface area contributed by atoms with E-state index < -0.39 is 0 Å². The molecular weight excluding hydrogens is 388 g/mol. The van der Waals surface area contributed by atoms with Crippen molar-refractivity contribution in [1.82, 2.24) is 9.47 Å². The Morgan fingerprint density at radius 2 is 1.90 bits per heavy atom. The summed E-state index contributed by atoms with van der Waals surface area (Å²) < 4.78 is 7.48. The van der Waals surface area contributed by atoms with Crippen molar-refractivity contribution >= 4 is 17.7 Å². The maximum atomic E-state index is 13.1. The second-order valence-corrected chi connectivity index (χ2v) is 8.29. The molecule has 0 N–H and O–H groups in total. The van der Waals surface area contributed by atoms with Crippen LogP contribution in [0.25, 0.3) is 6.08 Å². The molecule has 1 aliphatic heterocycles. The SMILES string of the molecule is COCC(C)n1c(C)cc(/C=C(/C#N)C(=O)N2CCN(c3cccc(C)c3)CC2)c1C. The number of anilines is 1. The highest BCUT2D eigenvalue weighted by Crippen LogP contribution is 2.24. The fourth-order valence-electron chi connectivity index (χ4n) is 4.40. The third-order valence-electron chi connectivity index (χ3n) is 5.96. The van der Waals surface area contributed by atoms with Gasteiger partial charge in [-0.25, -0.2) is 0 Å². The van der Waals surface area contributed by atoms with E-state index in [-0.39, 0.29) is 17.5 Å². The Balaban J connectivity index is 1.73. The van der Waals surface area contributed by atoms with Gasteiger partial charge in [0.1, 0.15) is 11.6 Å². The van der Waals surface area contributed by atoms with Crippen LogP contribution in [0.2, 0.25) is 0 Å². The van der Waals surface area contributed by atoms with E-state index in [0.717, 1.165) is 30.0 Å². The summed E-state index contributed by atoms with van der Waals surface area (Å²) in [6.07, 6.45) is 1.73. The van der Waals surface area contributed by atoms with Crippen LogP contribution in [0.4, 0.5) is 5.69 Å². The zero-order chi connectivity index (χ0) is 22.5. The first-order valence-corrected chi connectivity index (χ1v) is 10.8. The Labute approximate surface area is 185 Å². The van der Waals surface area contributed by atoms with Crippen molar-refractivity contribution < 1.29 is 9.53 Å². The molecule has 1 aliphatic rings. The lowest BCUT2D eigenvalue weighted by Crippen LogP contribution is -2.49. The average molecular weight is 421 g/mol. The van der Waals surface area contributed by atoms with Crippen molar-refractivity contribution in [2.24, 2.45) is 0 Å². The van der Waals surface area contributed by atoms with Gasteiger partial charge in [0, 0.05) is 50.4 Å². The van der Waals surface area contributed by atoms with E-state index in [1.165, 1.54) is 11.3 Å². The van der Waals surface area contributed by atoms with Crippen LogP contribution in [-0.4, -0.2) is 55.3 Å². The molecule has 3 rings (SSSR count). The number of ether oxygens (including phenoxy) is 1. The van der Waals surface area contributed by atoms with Gasteiger partial charge in [-0.1, -0.05) is 12.1 Å². The zero-order valence-corrected chi connectivity index (χ0v) is 19.2. The number of methoxy groups -OCH3 is 1. The van der Waals surface area contributed by atoms with Crippen molar-refractivity contribution in [3.05, 3.63) is 58.4 Å². The number of carbonyl (C=O) groups excluding carboxylic acids is 1. The van der Waals surface area contributed by atoms with Gasteiger partial charge in [0.2, 0.25) is 0 Å². The van der Waals surface area contributed by atoms with Crippen molar-refractivity contribution in [3.63, 3.8) is 0 Å². The van der Waals surface area contributed by atoms with Gasteiger partial charge < -0.3 is 19.1 Å². The van der Waals surface area contributed by atoms with Gasteiger partial charge in [0.15, 0.2) is 0 Å². The van der Waals surface area contributed by atoms with E-state index in [0.29, 0.717) is 19.7 Å². The van der Waals surface area contributed by atoms with Crippen LogP contribution in [0.5, 0.6) is 0 Å². The van der Waals surface area contributed by atoms with E-state index >= 15 is 0 Å². The molecule has 31 heavy (non-hydrogen) atoms. The minimum atomic E-state index is -0.193. The van der Waals surface area contributed by atoms with Crippen molar-refractivity contribution in [1.29, 1.82) is 5.26 Å². The maximum absolute atomic E-state index is 13.1. The monoisotopic (exact) mass is 420 g/mol. The van der Waals surface area contributed by atoms with Gasteiger partial charge in [-0.05, 0) is 63.1 Å². The Hall–Kier alpha value is -3.04. The average Bonchev–Trinajstić information content (AvgIpc) is 3.04. The molecule has 0 radical (unpaired) electrons. The number of aryl methyl sites for hydroxylation is 2. The predicted octanol–water partition coefficient (Wildman–Crippen LogP) is 3.88. The van der Waals surface area contributed by atoms with E-state index in [1.54, 1.807) is 18.1 Å². The third-order valence-corrected chi connectivity index (χ3v) is 5.96. The first-order chi connectivity index (χ1) is 14.8. The molecule has 1 saturated heterocycles. The molecule has 1 amide bonds. The van der Waals surface area contributed by atoms with Crippen molar-refractivity contribution in [2.75, 3.05) is 44.8 Å². The second kappa shape index (κ2) is 9.84. The minimum absolute atomic E-state index is 0.183. The summed E-state index contributed by atoms with van der Waals surface area (Å²) in [4.78, 5) is 17.1. The van der Waals surface area contributed by atoms with E-state index in [4.69, 9.17) is 4.74 Å². The van der Waals surface area contributed by atoms with Crippen molar-refractivity contribution in [3.8, 4) is 6.07 Å². The highest BCUT2D eigenvalue weighted by atomic mass is 16.5. The normalized spacial score (nSPS) is 15.7. The number of rotatable bonds is 6. The third kappa shape index (κ3) is 5.00. The molecule has 0 spiro atoms. The predicted molar refractivity (Wildman–Crippen MR) is 124 cm³/mol. The molecule has 6 heteroatoms. The van der Waals surface area contributed by atoms with Gasteiger partial charge in [0.25, 0.3) is 5.91 Å². The Morgan fingerprint density at radius 3 is 2.52 bits per heavy atom. The molecule has 1 aromatic carbocycles. The summed E-state index contributed by atoms with van der Waals surface area (Å²) >= 11 is 0. The lowest BCUT2D eigenvalue weighted by molar-refractivity contribution is -0.126. The molecule has 1 aromatic heterocycles. The molecule has 1 fully saturated rings. The summed E-state index contributed by atoms with van der Waals surface area (Å²) in [7, 11) is 1.69. The maximum Gasteiger partial charge on any atom is 0.264 e. The Bertz CT molecular complexity index is 1010. The summed E-state index contributed by atoms with van der Waals surface area (Å²) in [5.74, 6) is -0.193. The van der Waals surface area contributed by atoms with E-state index in [1.807, 2.05) is 19.9 Å². The van der Waals surface area contributed by atoms with E-state index in [2.05, 4.69) is 53.6 Å². The summed E-state index contributed by atoms with van der Waals surface area (Å²) in [5.41, 5.74) is 5.62. The topological polar surface area (TPSA) is 61.5 Å². The van der Waals surface area contributed by atoms with E-state index in [9.17, 15) is 10.1 Å². The van der Waals surface area contributed by atoms with Crippen LogP contribution in [0, 0.1) is 32.1 Å². The molecule has 6 nitrogen and oxygen atoms in total. The number of benzene rings is 1. The van der Waals surface area contributed by atoms with Crippen LogP contribution in [0.15, 0.2) is 35.9 Å². The van der Waals surface area contributed by atoms with Crippen molar-refractivity contribution in [2.45, 2.75) is 33.7 Å². The minimum Gasteiger partial charge on any atom is -0.383 e. The van der Waals surface area contributed by atoms with Gasteiger partial charge in [-0.2, -0.15) is 5.26 Å². The first kappa shape index (κ1) is 22.6. The number of nitrogens with zero attached hydrogens (tertiary/aromatic N) is 4. The van der Waals surface area contributed by atoms with Gasteiger partial charge in [0.05, 0.1) is 12.6 Å². The molecule has 1 atom stereocenters. The van der Waals surface area contributed by atoms with Gasteiger partial charge in [-0.15, -0.1) is 0 Å². The van der Waals surface area contributed by atoms with Crippen LogP contribution < -0.4 is 4.90 Å². The summed E-state index contributed by atoms with van der Waals surface area (Å²) in [6, 6.07) is 12.8. The Kier molecular flexibility index (Phi) is 7.19. The zero-order valence-electron chi connectivity index (χ0n) is 19.2. The number of amides is 1. The van der Waals surface area contributed by atoms with Crippen LogP contribution in [0.3, 0.4) is 0 Å². The second-order valence-electron chi connectivity index (χ2n) is 8.29. The van der Waals surface area contributed by atoms with Crippen LogP contribution in [0.1, 0.15) is 35.5 Å². The molecule has 0 saturated carbocycles. The highest BCUT2D eigenvalue weighted by Gasteiger charge is 2.24. The molecule has 2 heterocycles. The standard InChI is InChI=1S/C25H32N4O2/c1-18-7-6-8-24(13-18)27-9-11-28(12-10-27)25(30)23(16-26)15-22-14-19(2)29(21(22)4)20(3)17-31-5/h6-8,13-15,20H,9-12,17H2,1-5H3/b23-15-. The van der Waals surface area contributed by atoms with Crippen LogP contribution in [-0.2, 0) is 9.53 Å². The first-order valence-electron chi connectivity index (χ1n) is 10.8. The Morgan fingerprint density at radius 1 is 1.19 bits per heavy atom. The fraction of sp³-hybridized carbons (Fsp3) is 0.440. The van der Waals surface area contributed by atoms with Crippen LogP contribution >= 0.6 is 0 Å². The number of hydrogen-bond donors (Lipinski definition) is 0. The smallest absolute Gasteiger partial charge is 0.264 e.